The molecule has 3 aromatic heterocycles. The van der Waals surface area contributed by atoms with E-state index < -0.39 is 24.1 Å². The van der Waals surface area contributed by atoms with Crippen LogP contribution in [0.15, 0.2) is 36.5 Å². The van der Waals surface area contributed by atoms with Crippen molar-refractivity contribution in [1.82, 2.24) is 40.3 Å². The van der Waals surface area contributed by atoms with Gasteiger partial charge >= 0.3 is 6.43 Å². The van der Waals surface area contributed by atoms with Crippen molar-refractivity contribution in [3.05, 3.63) is 74.4 Å². The Morgan fingerprint density at radius 2 is 1.88 bits per heavy atom. The molecule has 0 radical (unpaired) electrons. The molecule has 0 aliphatic heterocycles. The van der Waals surface area contributed by atoms with Crippen molar-refractivity contribution in [2.45, 2.75) is 25.9 Å². The van der Waals surface area contributed by atoms with Gasteiger partial charge in [-0.2, -0.15) is 21.7 Å². The Labute approximate surface area is 245 Å². The number of alkyl halides is 2. The molecule has 0 saturated heterocycles. The number of benzene rings is 1. The highest BCUT2D eigenvalue weighted by atomic mass is 35.5. The third-order valence-electron chi connectivity index (χ3n) is 5.23. The highest BCUT2D eigenvalue weighted by molar-refractivity contribution is 7.98. The smallest absolute Gasteiger partial charge is 0.301 e. The Morgan fingerprint density at radius 3 is 2.55 bits per heavy atom. The van der Waals surface area contributed by atoms with Crippen LogP contribution < -0.4 is 10.6 Å². The summed E-state index contributed by atoms with van der Waals surface area (Å²) in [5.41, 5.74) is 0.215. The van der Waals surface area contributed by atoms with Gasteiger partial charge in [-0.05, 0) is 48.7 Å². The summed E-state index contributed by atoms with van der Waals surface area (Å²) in [5.74, 6) is -1.19. The van der Waals surface area contributed by atoms with Gasteiger partial charge in [0.2, 0.25) is 5.82 Å². The molecular formula is C23H20Cl3F2N9O2S. The van der Waals surface area contributed by atoms with Gasteiger partial charge in [0.05, 0.1) is 27.0 Å². The zero-order valence-corrected chi connectivity index (χ0v) is 23.9. The molecule has 1 atom stereocenters. The molecule has 3 heterocycles. The molecule has 0 spiro atoms. The second-order valence-corrected chi connectivity index (χ2v) is 10.5. The summed E-state index contributed by atoms with van der Waals surface area (Å²) in [6.45, 7) is 1.64. The summed E-state index contributed by atoms with van der Waals surface area (Å²) in [5, 5.41) is 20.8. The van der Waals surface area contributed by atoms with Gasteiger partial charge in [0.15, 0.2) is 5.82 Å². The molecule has 4 aromatic rings. The van der Waals surface area contributed by atoms with Gasteiger partial charge in [-0.25, -0.2) is 18.4 Å². The minimum absolute atomic E-state index is 0.0193. The van der Waals surface area contributed by atoms with Crippen LogP contribution in [-0.2, 0) is 6.54 Å². The van der Waals surface area contributed by atoms with E-state index in [0.29, 0.717) is 5.75 Å². The van der Waals surface area contributed by atoms with Crippen molar-refractivity contribution in [3.63, 3.8) is 0 Å². The Bertz CT molecular complexity index is 1550. The summed E-state index contributed by atoms with van der Waals surface area (Å²) < 4.78 is 27.0. The van der Waals surface area contributed by atoms with E-state index in [1.165, 1.54) is 29.1 Å². The van der Waals surface area contributed by atoms with Gasteiger partial charge < -0.3 is 10.6 Å². The van der Waals surface area contributed by atoms with E-state index in [-0.39, 0.29) is 56.1 Å². The Morgan fingerprint density at radius 1 is 1.10 bits per heavy atom. The molecule has 0 fully saturated rings. The van der Waals surface area contributed by atoms with E-state index in [2.05, 4.69) is 36.1 Å². The van der Waals surface area contributed by atoms with Crippen LogP contribution >= 0.6 is 46.6 Å². The molecule has 0 aliphatic carbocycles. The van der Waals surface area contributed by atoms with E-state index in [9.17, 15) is 18.4 Å². The molecule has 2 amide bonds. The Kier molecular flexibility index (Phi) is 9.56. The maximum Gasteiger partial charge on any atom is 0.301 e. The molecule has 210 valence electrons. The molecule has 11 nitrogen and oxygen atoms in total. The van der Waals surface area contributed by atoms with E-state index in [4.69, 9.17) is 34.8 Å². The van der Waals surface area contributed by atoms with E-state index in [1.54, 1.807) is 23.9 Å². The predicted octanol–water partition coefficient (Wildman–Crippen LogP) is 4.93. The third kappa shape index (κ3) is 6.86. The number of nitrogens with one attached hydrogen (secondary N) is 2. The second-order valence-electron chi connectivity index (χ2n) is 8.31. The SMILES string of the molecule is CSC[C@H](C)NC(=O)c1cc(Cl)cc(Cl)c1NC(=O)c1cc(Cn2nnc(C(F)F)n2)nn1-c1ncccc1Cl. The normalized spacial score (nSPS) is 12.0. The standard InChI is InChI=1S/C23H20Cl3F2N9O2S/c1-11(10-40-2)30-22(38)14-6-12(24)7-16(26)18(14)31-23(39)17-8-13(9-36-34-20(19(27)28)32-35-36)33-37(17)21-15(25)4-3-5-29-21/h3-8,11,19H,9-10H2,1-2H3,(H,30,38)(H,31,39)/t11-/m0/s1. The second kappa shape index (κ2) is 12.9. The average Bonchev–Trinajstić information content (AvgIpc) is 3.53. The number of aromatic nitrogens is 7. The van der Waals surface area contributed by atoms with Crippen molar-refractivity contribution in [1.29, 1.82) is 0 Å². The molecule has 0 saturated carbocycles. The molecule has 0 bridgehead atoms. The van der Waals surface area contributed by atoms with E-state index in [0.717, 1.165) is 4.80 Å². The van der Waals surface area contributed by atoms with E-state index in [1.807, 2.05) is 13.2 Å². The van der Waals surface area contributed by atoms with Crippen LogP contribution in [0, 0.1) is 0 Å². The number of carbonyl (C=O) groups excluding carboxylic acids is 2. The summed E-state index contributed by atoms with van der Waals surface area (Å²) in [6.07, 6.45) is 0.456. The van der Waals surface area contributed by atoms with Gasteiger partial charge in [-0.3, -0.25) is 9.59 Å². The number of rotatable bonds is 10. The lowest BCUT2D eigenvalue weighted by molar-refractivity contribution is 0.0944. The van der Waals surface area contributed by atoms with Crippen LogP contribution in [-0.4, -0.2) is 64.8 Å². The number of hydrogen-bond donors (Lipinski definition) is 2. The first kappa shape index (κ1) is 29.6. The Balaban J connectivity index is 1.71. The highest BCUT2D eigenvalue weighted by Crippen LogP contribution is 2.31. The molecular weight excluding hydrogens is 611 g/mol. The summed E-state index contributed by atoms with van der Waals surface area (Å²) >= 11 is 20.4. The van der Waals surface area contributed by atoms with Gasteiger partial charge in [0, 0.05) is 23.0 Å². The highest BCUT2D eigenvalue weighted by Gasteiger charge is 2.24. The number of halogens is 5. The third-order valence-corrected chi connectivity index (χ3v) is 6.88. The van der Waals surface area contributed by atoms with Gasteiger partial charge in [-0.1, -0.05) is 34.8 Å². The molecule has 4 rings (SSSR count). The minimum Gasteiger partial charge on any atom is -0.349 e. The molecule has 0 unspecified atom stereocenters. The van der Waals surface area contributed by atoms with E-state index >= 15 is 0 Å². The van der Waals surface area contributed by atoms with Gasteiger partial charge in [-0.15, -0.1) is 10.2 Å². The van der Waals surface area contributed by atoms with Crippen molar-refractivity contribution >= 4 is 64.1 Å². The van der Waals surface area contributed by atoms with Gasteiger partial charge in [0.1, 0.15) is 12.2 Å². The predicted molar refractivity (Wildman–Crippen MR) is 148 cm³/mol. The summed E-state index contributed by atoms with van der Waals surface area (Å²) in [6, 6.07) is 7.12. The molecule has 1 aromatic carbocycles. The average molecular weight is 631 g/mol. The fraction of sp³-hybridized carbons (Fsp3) is 0.261. The quantitative estimate of drug-likeness (QED) is 0.252. The lowest BCUT2D eigenvalue weighted by Crippen LogP contribution is -2.35. The number of amides is 2. The van der Waals surface area contributed by atoms with Crippen LogP contribution in [0.25, 0.3) is 5.82 Å². The minimum atomic E-state index is -2.90. The number of tetrazole rings is 1. The van der Waals surface area contributed by atoms with Crippen molar-refractivity contribution < 1.29 is 18.4 Å². The fourth-order valence-electron chi connectivity index (χ4n) is 3.57. The number of nitrogens with zero attached hydrogens (tertiary/aromatic N) is 7. The number of anilines is 1. The number of thioether (sulfide) groups is 1. The van der Waals surface area contributed by atoms with Crippen molar-refractivity contribution in [3.8, 4) is 5.82 Å². The molecule has 17 heteroatoms. The number of hydrogen-bond acceptors (Lipinski definition) is 8. The van der Waals surface area contributed by atoms with Crippen LogP contribution in [0.1, 0.15) is 45.7 Å². The van der Waals surface area contributed by atoms with Crippen LogP contribution in [0.5, 0.6) is 0 Å². The van der Waals surface area contributed by atoms with Crippen molar-refractivity contribution in [2.24, 2.45) is 0 Å². The first-order valence-corrected chi connectivity index (χ1v) is 14.0. The zero-order valence-electron chi connectivity index (χ0n) is 20.8. The first-order chi connectivity index (χ1) is 19.1. The zero-order chi connectivity index (χ0) is 29.0. The monoisotopic (exact) mass is 629 g/mol. The lowest BCUT2D eigenvalue weighted by Gasteiger charge is -2.17. The molecule has 0 aliphatic rings. The number of pyridine rings is 1. The maximum atomic E-state index is 13.6. The fourth-order valence-corrected chi connectivity index (χ4v) is 4.89. The Hall–Kier alpha value is -3.33. The number of carbonyl (C=O) groups is 2. The topological polar surface area (TPSA) is 133 Å². The largest absolute Gasteiger partial charge is 0.349 e. The van der Waals surface area contributed by atoms with Gasteiger partial charge in [0.25, 0.3) is 11.8 Å². The summed E-state index contributed by atoms with van der Waals surface area (Å²) in [7, 11) is 0. The maximum absolute atomic E-state index is 13.6. The van der Waals surface area contributed by atoms with Crippen molar-refractivity contribution in [2.75, 3.05) is 17.3 Å². The van der Waals surface area contributed by atoms with Crippen LogP contribution in [0.3, 0.4) is 0 Å². The van der Waals surface area contributed by atoms with Crippen LogP contribution in [0.4, 0.5) is 14.5 Å². The van der Waals surface area contributed by atoms with Crippen LogP contribution in [0.2, 0.25) is 15.1 Å². The summed E-state index contributed by atoms with van der Waals surface area (Å²) in [4.78, 5) is 31.8. The molecule has 2 N–H and O–H groups in total. The lowest BCUT2D eigenvalue weighted by atomic mass is 10.1. The molecule has 40 heavy (non-hydrogen) atoms. The first-order valence-electron chi connectivity index (χ1n) is 11.4.